The Balaban J connectivity index is 2.29. The fourth-order valence-electron chi connectivity index (χ4n) is 0.487. The van der Waals surface area contributed by atoms with Crippen molar-refractivity contribution in [1.82, 2.24) is 5.06 Å². The van der Waals surface area contributed by atoms with Gasteiger partial charge in [-0.2, -0.15) is 0 Å². The second kappa shape index (κ2) is 1.50. The predicted molar refractivity (Wildman–Crippen MR) is 23.3 cm³/mol. The van der Waals surface area contributed by atoms with Crippen LogP contribution in [0.25, 0.3) is 0 Å². The van der Waals surface area contributed by atoms with Crippen LogP contribution in [0.4, 0.5) is 0 Å². The van der Waals surface area contributed by atoms with E-state index >= 15 is 0 Å². The van der Waals surface area contributed by atoms with Gasteiger partial charge < -0.3 is 0 Å². The molecule has 0 aliphatic carbocycles. The van der Waals surface area contributed by atoms with Gasteiger partial charge in [-0.15, -0.1) is 0 Å². The van der Waals surface area contributed by atoms with Crippen LogP contribution in [0, 0.1) is 0 Å². The second-order valence-electron chi connectivity index (χ2n) is 1.43. The maximum absolute atomic E-state index is 10.3. The van der Waals surface area contributed by atoms with E-state index in [4.69, 9.17) is 0 Å². The molecule has 1 heterocycles. The number of carbonyl (C=O) groups excluding carboxylic acids is 1. The van der Waals surface area contributed by atoms with Crippen molar-refractivity contribution in [2.75, 3.05) is 13.7 Å². The number of rotatable bonds is 1. The molecule has 0 saturated carbocycles. The molecule has 1 aliphatic heterocycles. The lowest BCUT2D eigenvalue weighted by Gasteiger charge is -2.26. The summed E-state index contributed by atoms with van der Waals surface area (Å²) in [7, 11) is 1.50. The molecule has 0 atom stereocenters. The first kappa shape index (κ1) is 4.59. The molecule has 0 aromatic carbocycles. The number of carbonyl (C=O) groups is 1. The molecular formula is C4H7NO2. The maximum atomic E-state index is 10.3. The fourth-order valence-corrected chi connectivity index (χ4v) is 0.487. The average molecular weight is 101 g/mol. The zero-order valence-electron chi connectivity index (χ0n) is 4.18. The number of hydrogen-bond donors (Lipinski definition) is 0. The van der Waals surface area contributed by atoms with E-state index in [1.807, 2.05) is 0 Å². The van der Waals surface area contributed by atoms with Crippen molar-refractivity contribution < 1.29 is 9.63 Å². The average Bonchev–Trinajstić information content (AvgIpc) is 1.65. The highest BCUT2D eigenvalue weighted by atomic mass is 16.7. The number of β-lactam (4-membered cyclic amide) rings is 1. The van der Waals surface area contributed by atoms with Crippen LogP contribution in [-0.4, -0.2) is 24.6 Å². The Hall–Kier alpha value is -0.570. The largest absolute Gasteiger partial charge is 0.274 e. The molecular weight excluding hydrogens is 94.0 g/mol. The van der Waals surface area contributed by atoms with Crippen LogP contribution in [0.3, 0.4) is 0 Å². The molecule has 1 rings (SSSR count). The molecule has 40 valence electrons. The van der Waals surface area contributed by atoms with Crippen molar-refractivity contribution in [2.45, 2.75) is 6.42 Å². The van der Waals surface area contributed by atoms with Gasteiger partial charge in [0.15, 0.2) is 0 Å². The Kier molecular flexibility index (Phi) is 0.982. The van der Waals surface area contributed by atoms with Crippen LogP contribution in [0.2, 0.25) is 0 Å². The van der Waals surface area contributed by atoms with Crippen molar-refractivity contribution in [1.29, 1.82) is 0 Å². The van der Waals surface area contributed by atoms with E-state index in [-0.39, 0.29) is 5.91 Å². The Morgan fingerprint density at radius 3 is 2.57 bits per heavy atom. The summed E-state index contributed by atoms with van der Waals surface area (Å²) in [6.07, 6.45) is 0.647. The van der Waals surface area contributed by atoms with Gasteiger partial charge in [0.1, 0.15) is 0 Å². The SMILES string of the molecule is CON1CCC1=O. The smallest absolute Gasteiger partial charge is 0.247 e. The van der Waals surface area contributed by atoms with E-state index < -0.39 is 0 Å². The van der Waals surface area contributed by atoms with Crippen molar-refractivity contribution >= 4 is 5.91 Å². The summed E-state index contributed by atoms with van der Waals surface area (Å²) in [6, 6.07) is 0. The normalized spacial score (nSPS) is 19.6. The maximum Gasteiger partial charge on any atom is 0.247 e. The fraction of sp³-hybridized carbons (Fsp3) is 0.750. The van der Waals surface area contributed by atoms with Crippen LogP contribution in [0.5, 0.6) is 0 Å². The molecule has 0 aromatic rings. The lowest BCUT2D eigenvalue weighted by molar-refractivity contribution is -0.196. The lowest BCUT2D eigenvalue weighted by Crippen LogP contribution is -2.42. The summed E-state index contributed by atoms with van der Waals surface area (Å²) < 4.78 is 0. The van der Waals surface area contributed by atoms with Gasteiger partial charge in [-0.1, -0.05) is 0 Å². The molecule has 1 fully saturated rings. The Morgan fingerprint density at radius 2 is 2.57 bits per heavy atom. The van der Waals surface area contributed by atoms with Crippen molar-refractivity contribution in [3.8, 4) is 0 Å². The van der Waals surface area contributed by atoms with Gasteiger partial charge in [-0.05, 0) is 0 Å². The standard InChI is InChI=1S/C4H7NO2/c1-7-5-3-2-4(5)6/h2-3H2,1H3. The number of hydrogen-bond acceptors (Lipinski definition) is 2. The molecule has 0 unspecified atom stereocenters. The molecule has 3 nitrogen and oxygen atoms in total. The van der Waals surface area contributed by atoms with Gasteiger partial charge in [0.2, 0.25) is 5.91 Å². The molecule has 3 heteroatoms. The topological polar surface area (TPSA) is 29.5 Å². The zero-order chi connectivity index (χ0) is 5.28. The Labute approximate surface area is 41.8 Å². The predicted octanol–water partition coefficient (Wildman–Crippen LogP) is -0.220. The Morgan fingerprint density at radius 1 is 1.86 bits per heavy atom. The van der Waals surface area contributed by atoms with Gasteiger partial charge in [0.25, 0.3) is 0 Å². The first-order chi connectivity index (χ1) is 3.34. The van der Waals surface area contributed by atoms with Crippen LogP contribution in [-0.2, 0) is 9.63 Å². The number of nitrogens with zero attached hydrogens (tertiary/aromatic N) is 1. The molecule has 0 spiro atoms. The van der Waals surface area contributed by atoms with E-state index in [0.717, 1.165) is 6.54 Å². The van der Waals surface area contributed by atoms with Gasteiger partial charge >= 0.3 is 0 Å². The molecule has 0 N–H and O–H groups in total. The highest BCUT2D eigenvalue weighted by molar-refractivity contribution is 5.80. The third kappa shape index (κ3) is 0.587. The highest BCUT2D eigenvalue weighted by Gasteiger charge is 2.22. The minimum atomic E-state index is 0.0856. The summed E-state index contributed by atoms with van der Waals surface area (Å²) in [6.45, 7) is 0.759. The van der Waals surface area contributed by atoms with Crippen LogP contribution < -0.4 is 0 Å². The van der Waals surface area contributed by atoms with Crippen LogP contribution in [0.1, 0.15) is 6.42 Å². The van der Waals surface area contributed by atoms with Crippen molar-refractivity contribution in [3.63, 3.8) is 0 Å². The summed E-state index contributed by atoms with van der Waals surface area (Å²) in [4.78, 5) is 14.8. The molecule has 7 heavy (non-hydrogen) atoms. The van der Waals surface area contributed by atoms with E-state index in [1.54, 1.807) is 0 Å². The lowest BCUT2D eigenvalue weighted by atomic mass is 10.3. The van der Waals surface area contributed by atoms with Gasteiger partial charge in [-0.3, -0.25) is 9.63 Å². The molecule has 0 aromatic heterocycles. The quantitative estimate of drug-likeness (QED) is 0.427. The second-order valence-corrected chi connectivity index (χ2v) is 1.43. The minimum absolute atomic E-state index is 0.0856. The molecule has 1 amide bonds. The zero-order valence-corrected chi connectivity index (χ0v) is 4.18. The van der Waals surface area contributed by atoms with E-state index in [1.165, 1.54) is 12.2 Å². The Bertz CT molecular complexity index is 89.7. The highest BCUT2D eigenvalue weighted by Crippen LogP contribution is 2.05. The molecule has 0 bridgehead atoms. The van der Waals surface area contributed by atoms with Crippen LogP contribution >= 0.6 is 0 Å². The van der Waals surface area contributed by atoms with E-state index in [9.17, 15) is 4.79 Å². The summed E-state index contributed by atoms with van der Waals surface area (Å²) in [5.41, 5.74) is 0. The van der Waals surface area contributed by atoms with Crippen molar-refractivity contribution in [2.24, 2.45) is 0 Å². The van der Waals surface area contributed by atoms with E-state index in [2.05, 4.69) is 4.84 Å². The first-order valence-corrected chi connectivity index (χ1v) is 2.19. The van der Waals surface area contributed by atoms with Gasteiger partial charge in [0.05, 0.1) is 13.7 Å². The third-order valence-electron chi connectivity index (χ3n) is 1.03. The monoisotopic (exact) mass is 101 g/mol. The number of hydroxylamine groups is 2. The molecule has 1 saturated heterocycles. The van der Waals surface area contributed by atoms with Crippen molar-refractivity contribution in [3.05, 3.63) is 0 Å². The van der Waals surface area contributed by atoms with Crippen LogP contribution in [0.15, 0.2) is 0 Å². The van der Waals surface area contributed by atoms with Gasteiger partial charge in [-0.25, -0.2) is 5.06 Å². The third-order valence-corrected chi connectivity index (χ3v) is 1.03. The number of amides is 1. The van der Waals surface area contributed by atoms with E-state index in [0.29, 0.717) is 6.42 Å². The molecule has 1 aliphatic rings. The minimum Gasteiger partial charge on any atom is -0.274 e. The van der Waals surface area contributed by atoms with Gasteiger partial charge in [0, 0.05) is 6.42 Å². The summed E-state index contributed by atoms with van der Waals surface area (Å²) >= 11 is 0. The first-order valence-electron chi connectivity index (χ1n) is 2.19. The summed E-state index contributed by atoms with van der Waals surface area (Å²) in [5.74, 6) is 0.0856. The molecule has 0 radical (unpaired) electrons. The summed E-state index contributed by atoms with van der Waals surface area (Å²) in [5, 5.41) is 1.33.